The van der Waals surface area contributed by atoms with Crippen LogP contribution >= 0.6 is 11.3 Å². The molecule has 2 heterocycles. The highest BCUT2D eigenvalue weighted by molar-refractivity contribution is 7.15. The number of nitrogens with one attached hydrogen (secondary N) is 1. The average Bonchev–Trinajstić information content (AvgIpc) is 2.91. The van der Waals surface area contributed by atoms with Crippen LogP contribution in [-0.4, -0.2) is 15.3 Å². The van der Waals surface area contributed by atoms with E-state index in [1.165, 1.54) is 21.9 Å². The van der Waals surface area contributed by atoms with Crippen LogP contribution in [-0.2, 0) is 0 Å². The number of aryl methyl sites for hydroxylation is 2. The molecule has 3 aromatic rings. The highest BCUT2D eigenvalue weighted by Crippen LogP contribution is 2.27. The van der Waals surface area contributed by atoms with Crippen molar-refractivity contribution in [2.45, 2.75) is 33.6 Å². The first kappa shape index (κ1) is 16.4. The number of amides is 1. The molecule has 24 heavy (non-hydrogen) atoms. The van der Waals surface area contributed by atoms with Crippen molar-refractivity contribution in [3.63, 3.8) is 0 Å². The van der Waals surface area contributed by atoms with Gasteiger partial charge in [0.05, 0.1) is 0 Å². The predicted octanol–water partition coefficient (Wildman–Crippen LogP) is 3.75. The number of fused-ring (bicyclic) bond motifs is 1. The Balaban J connectivity index is 2.04. The Morgan fingerprint density at radius 2 is 2.04 bits per heavy atom. The average molecular weight is 341 g/mol. The molecule has 0 radical (unpaired) electrons. The number of anilines is 1. The van der Waals surface area contributed by atoms with Gasteiger partial charge in [-0.2, -0.15) is 0 Å². The van der Waals surface area contributed by atoms with E-state index in [0.29, 0.717) is 4.96 Å². The number of rotatable bonds is 3. The topological polar surface area (TPSA) is 63.5 Å². The standard InChI is InChI=1S/C18H19N3O2S/c1-10(2)13-7-5-6-11(3)15(13)20-16(22)14-8-19-18-21(17(14)23)12(4)9-24-18/h5-10H,1-4H3,(H,20,22). The predicted molar refractivity (Wildman–Crippen MR) is 97.3 cm³/mol. The highest BCUT2D eigenvalue weighted by Gasteiger charge is 2.18. The van der Waals surface area contributed by atoms with Crippen LogP contribution in [0, 0.1) is 13.8 Å². The van der Waals surface area contributed by atoms with Crippen LogP contribution in [0.25, 0.3) is 4.96 Å². The lowest BCUT2D eigenvalue weighted by Gasteiger charge is -2.16. The van der Waals surface area contributed by atoms with Gasteiger partial charge in [0.1, 0.15) is 5.56 Å². The van der Waals surface area contributed by atoms with E-state index in [9.17, 15) is 9.59 Å². The van der Waals surface area contributed by atoms with Crippen molar-refractivity contribution in [2.75, 3.05) is 5.32 Å². The summed E-state index contributed by atoms with van der Waals surface area (Å²) in [5, 5.41) is 4.76. The summed E-state index contributed by atoms with van der Waals surface area (Å²) in [4.78, 5) is 30.1. The molecule has 5 nitrogen and oxygen atoms in total. The van der Waals surface area contributed by atoms with Crippen LogP contribution in [0.5, 0.6) is 0 Å². The number of benzene rings is 1. The maximum absolute atomic E-state index is 12.7. The fourth-order valence-corrected chi connectivity index (χ4v) is 3.53. The molecule has 0 aliphatic heterocycles. The summed E-state index contributed by atoms with van der Waals surface area (Å²) in [7, 11) is 0. The number of carbonyl (C=O) groups excluding carboxylic acids is 1. The van der Waals surface area contributed by atoms with E-state index < -0.39 is 5.91 Å². The molecule has 0 bridgehead atoms. The highest BCUT2D eigenvalue weighted by atomic mass is 32.1. The summed E-state index contributed by atoms with van der Waals surface area (Å²) in [5.74, 6) is -0.162. The molecule has 0 spiro atoms. The van der Waals surface area contributed by atoms with Crippen molar-refractivity contribution in [1.29, 1.82) is 0 Å². The van der Waals surface area contributed by atoms with Gasteiger partial charge in [-0.25, -0.2) is 4.98 Å². The SMILES string of the molecule is Cc1cccc(C(C)C)c1NC(=O)c1cnc2scc(C)n2c1=O. The van der Waals surface area contributed by atoms with E-state index in [4.69, 9.17) is 0 Å². The van der Waals surface area contributed by atoms with Gasteiger partial charge in [0.2, 0.25) is 0 Å². The molecular weight excluding hydrogens is 322 g/mol. The molecular formula is C18H19N3O2S. The number of nitrogens with zero attached hydrogens (tertiary/aromatic N) is 2. The van der Waals surface area contributed by atoms with E-state index in [0.717, 1.165) is 22.5 Å². The van der Waals surface area contributed by atoms with Crippen molar-refractivity contribution in [1.82, 2.24) is 9.38 Å². The molecule has 6 heteroatoms. The number of para-hydroxylation sites is 1. The van der Waals surface area contributed by atoms with Crippen molar-refractivity contribution in [3.8, 4) is 0 Å². The summed E-state index contributed by atoms with van der Waals surface area (Å²) in [6, 6.07) is 5.90. The monoisotopic (exact) mass is 341 g/mol. The van der Waals surface area contributed by atoms with Gasteiger partial charge in [-0.1, -0.05) is 32.0 Å². The zero-order valence-corrected chi connectivity index (χ0v) is 14.9. The molecule has 0 saturated carbocycles. The minimum Gasteiger partial charge on any atom is -0.321 e. The molecule has 2 aromatic heterocycles. The Morgan fingerprint density at radius 3 is 2.75 bits per heavy atom. The van der Waals surface area contributed by atoms with E-state index >= 15 is 0 Å². The van der Waals surface area contributed by atoms with Gasteiger partial charge in [-0.3, -0.25) is 14.0 Å². The largest absolute Gasteiger partial charge is 0.321 e. The molecule has 0 saturated heterocycles. The number of hydrogen-bond donors (Lipinski definition) is 1. The van der Waals surface area contributed by atoms with Crippen molar-refractivity contribution < 1.29 is 4.79 Å². The molecule has 0 aliphatic rings. The molecule has 0 atom stereocenters. The van der Waals surface area contributed by atoms with Gasteiger partial charge in [0.15, 0.2) is 4.96 Å². The lowest BCUT2D eigenvalue weighted by atomic mass is 9.98. The summed E-state index contributed by atoms with van der Waals surface area (Å²) in [6.07, 6.45) is 1.36. The zero-order valence-electron chi connectivity index (χ0n) is 14.1. The number of aromatic nitrogens is 2. The Bertz CT molecular complexity index is 986. The van der Waals surface area contributed by atoms with Gasteiger partial charge in [0.25, 0.3) is 11.5 Å². The molecule has 1 N–H and O–H groups in total. The fourth-order valence-electron chi connectivity index (χ4n) is 2.70. The van der Waals surface area contributed by atoms with Crippen LogP contribution < -0.4 is 10.9 Å². The van der Waals surface area contributed by atoms with Crippen LogP contribution in [0.2, 0.25) is 0 Å². The summed E-state index contributed by atoms with van der Waals surface area (Å²) in [5.41, 5.74) is 3.27. The third kappa shape index (κ3) is 2.73. The van der Waals surface area contributed by atoms with E-state index in [1.807, 2.05) is 37.4 Å². The van der Waals surface area contributed by atoms with Crippen molar-refractivity contribution in [3.05, 3.63) is 62.5 Å². The molecule has 3 rings (SSSR count). The number of hydrogen-bond acceptors (Lipinski definition) is 4. The van der Waals surface area contributed by atoms with Gasteiger partial charge in [-0.05, 0) is 30.9 Å². The molecule has 0 aliphatic carbocycles. The first-order chi connectivity index (χ1) is 11.4. The van der Waals surface area contributed by atoms with E-state index in [1.54, 1.807) is 0 Å². The fraction of sp³-hybridized carbons (Fsp3) is 0.278. The Hall–Kier alpha value is -2.47. The second-order valence-electron chi connectivity index (χ2n) is 6.12. The minimum absolute atomic E-state index is 0.0481. The maximum atomic E-state index is 12.7. The zero-order chi connectivity index (χ0) is 17.4. The lowest BCUT2D eigenvalue weighted by Crippen LogP contribution is -2.27. The van der Waals surface area contributed by atoms with Crippen LogP contribution in [0.15, 0.2) is 34.6 Å². The first-order valence-corrected chi connectivity index (χ1v) is 8.65. The Labute approximate surface area is 144 Å². The number of thiazole rings is 1. The summed E-state index contributed by atoms with van der Waals surface area (Å²) >= 11 is 1.38. The molecule has 124 valence electrons. The summed E-state index contributed by atoms with van der Waals surface area (Å²) in [6.45, 7) is 7.91. The second-order valence-corrected chi connectivity index (χ2v) is 6.96. The van der Waals surface area contributed by atoms with Gasteiger partial charge in [-0.15, -0.1) is 11.3 Å². The quantitative estimate of drug-likeness (QED) is 0.789. The first-order valence-electron chi connectivity index (χ1n) is 7.77. The molecule has 1 amide bonds. The van der Waals surface area contributed by atoms with Gasteiger partial charge >= 0.3 is 0 Å². The molecule has 0 unspecified atom stereocenters. The maximum Gasteiger partial charge on any atom is 0.271 e. The van der Waals surface area contributed by atoms with E-state index in [-0.39, 0.29) is 17.0 Å². The van der Waals surface area contributed by atoms with Crippen molar-refractivity contribution >= 4 is 27.9 Å². The molecule has 1 aromatic carbocycles. The Morgan fingerprint density at radius 1 is 1.29 bits per heavy atom. The second kappa shape index (κ2) is 6.20. The van der Waals surface area contributed by atoms with Crippen LogP contribution in [0.3, 0.4) is 0 Å². The third-order valence-corrected chi connectivity index (χ3v) is 4.98. The smallest absolute Gasteiger partial charge is 0.271 e. The van der Waals surface area contributed by atoms with Crippen LogP contribution in [0.4, 0.5) is 5.69 Å². The van der Waals surface area contributed by atoms with Gasteiger partial charge in [0, 0.05) is 23.0 Å². The Kier molecular flexibility index (Phi) is 4.24. The number of carbonyl (C=O) groups is 1. The summed E-state index contributed by atoms with van der Waals surface area (Å²) < 4.78 is 1.47. The lowest BCUT2D eigenvalue weighted by molar-refractivity contribution is 0.102. The third-order valence-electron chi connectivity index (χ3n) is 4.03. The van der Waals surface area contributed by atoms with E-state index in [2.05, 4.69) is 24.1 Å². The normalized spacial score (nSPS) is 11.2. The van der Waals surface area contributed by atoms with Crippen molar-refractivity contribution in [2.24, 2.45) is 0 Å². The van der Waals surface area contributed by atoms with Gasteiger partial charge < -0.3 is 5.32 Å². The van der Waals surface area contributed by atoms with Crippen LogP contribution in [0.1, 0.15) is 46.9 Å². The molecule has 0 fully saturated rings. The minimum atomic E-state index is -0.427.